The standard InChI is InChI=1S/C22H31F/c1-2-3-4-5-6-7-8-19-9-11-20(12-10-19)13-14-21-15-17-22(23)18-16-21/h15-20H,2-12H2,1H3. The average Bonchev–Trinajstić information content (AvgIpc) is 2.58. The molecule has 0 unspecified atom stereocenters. The van der Waals surface area contributed by atoms with Gasteiger partial charge in [-0.05, 0) is 55.9 Å². The van der Waals surface area contributed by atoms with Crippen LogP contribution in [-0.4, -0.2) is 0 Å². The van der Waals surface area contributed by atoms with Gasteiger partial charge in [-0.15, -0.1) is 0 Å². The molecule has 0 radical (unpaired) electrons. The first-order chi connectivity index (χ1) is 11.3. The van der Waals surface area contributed by atoms with E-state index in [0.717, 1.165) is 11.5 Å². The second-order valence-electron chi connectivity index (χ2n) is 7.05. The molecule has 0 heterocycles. The Labute approximate surface area is 141 Å². The van der Waals surface area contributed by atoms with Gasteiger partial charge in [0, 0.05) is 11.5 Å². The summed E-state index contributed by atoms with van der Waals surface area (Å²) in [5.41, 5.74) is 0.931. The van der Waals surface area contributed by atoms with E-state index in [9.17, 15) is 4.39 Å². The minimum Gasteiger partial charge on any atom is -0.207 e. The van der Waals surface area contributed by atoms with E-state index in [1.807, 2.05) is 0 Å². The third kappa shape index (κ3) is 7.21. The second-order valence-corrected chi connectivity index (χ2v) is 7.05. The molecule has 2 rings (SSSR count). The number of hydrogen-bond donors (Lipinski definition) is 0. The highest BCUT2D eigenvalue weighted by Crippen LogP contribution is 2.31. The first-order valence-electron chi connectivity index (χ1n) is 9.55. The first kappa shape index (κ1) is 18.1. The molecule has 1 heteroatoms. The van der Waals surface area contributed by atoms with E-state index in [0.29, 0.717) is 5.92 Å². The molecule has 1 aliphatic carbocycles. The average molecular weight is 314 g/mol. The van der Waals surface area contributed by atoms with E-state index in [-0.39, 0.29) is 5.82 Å². The predicted octanol–water partition coefficient (Wildman–Crippen LogP) is 6.73. The Morgan fingerprint density at radius 1 is 0.913 bits per heavy atom. The van der Waals surface area contributed by atoms with Crippen LogP contribution in [0.4, 0.5) is 4.39 Å². The third-order valence-corrected chi connectivity index (χ3v) is 5.08. The fourth-order valence-corrected chi connectivity index (χ4v) is 3.53. The number of benzene rings is 1. The maximum Gasteiger partial charge on any atom is 0.123 e. The van der Waals surface area contributed by atoms with Gasteiger partial charge >= 0.3 is 0 Å². The molecule has 0 bridgehead atoms. The SMILES string of the molecule is CCCCCCCCC1CCC(C#Cc2ccc(F)cc2)CC1. The van der Waals surface area contributed by atoms with Gasteiger partial charge in [-0.1, -0.05) is 63.7 Å². The number of halogens is 1. The van der Waals surface area contributed by atoms with Crippen molar-refractivity contribution in [3.8, 4) is 11.8 Å². The van der Waals surface area contributed by atoms with Gasteiger partial charge in [0.15, 0.2) is 0 Å². The van der Waals surface area contributed by atoms with Crippen molar-refractivity contribution < 1.29 is 4.39 Å². The minimum atomic E-state index is -0.189. The largest absolute Gasteiger partial charge is 0.207 e. The summed E-state index contributed by atoms with van der Waals surface area (Å²) >= 11 is 0. The first-order valence-corrected chi connectivity index (χ1v) is 9.55. The van der Waals surface area contributed by atoms with E-state index in [1.54, 1.807) is 12.1 Å². The normalized spacial score (nSPS) is 20.8. The predicted molar refractivity (Wildman–Crippen MR) is 96.7 cm³/mol. The van der Waals surface area contributed by atoms with Crippen LogP contribution >= 0.6 is 0 Å². The number of hydrogen-bond acceptors (Lipinski definition) is 0. The van der Waals surface area contributed by atoms with Gasteiger partial charge in [-0.25, -0.2) is 4.39 Å². The summed E-state index contributed by atoms with van der Waals surface area (Å²) in [6.07, 6.45) is 15.0. The van der Waals surface area contributed by atoms with Gasteiger partial charge in [-0.2, -0.15) is 0 Å². The highest BCUT2D eigenvalue weighted by atomic mass is 19.1. The molecular formula is C22H31F. The molecule has 0 saturated heterocycles. The van der Waals surface area contributed by atoms with E-state index in [2.05, 4.69) is 18.8 Å². The molecule has 0 aromatic heterocycles. The van der Waals surface area contributed by atoms with Crippen LogP contribution in [0.1, 0.15) is 83.1 Å². The fraction of sp³-hybridized carbons (Fsp3) is 0.636. The molecule has 1 aliphatic rings. The Bertz CT molecular complexity index is 483. The molecule has 1 aromatic rings. The van der Waals surface area contributed by atoms with Crippen molar-refractivity contribution >= 4 is 0 Å². The van der Waals surface area contributed by atoms with Gasteiger partial charge in [0.2, 0.25) is 0 Å². The van der Waals surface area contributed by atoms with Crippen molar-refractivity contribution in [3.05, 3.63) is 35.6 Å². The molecule has 23 heavy (non-hydrogen) atoms. The molecule has 0 atom stereocenters. The zero-order valence-corrected chi connectivity index (χ0v) is 14.6. The van der Waals surface area contributed by atoms with E-state index in [1.165, 1.54) is 82.8 Å². The Balaban J connectivity index is 1.61. The molecule has 1 fully saturated rings. The number of rotatable bonds is 7. The topological polar surface area (TPSA) is 0 Å². The summed E-state index contributed by atoms with van der Waals surface area (Å²) < 4.78 is 12.9. The second kappa shape index (κ2) is 10.5. The van der Waals surface area contributed by atoms with Crippen LogP contribution in [-0.2, 0) is 0 Å². The summed E-state index contributed by atoms with van der Waals surface area (Å²) in [7, 11) is 0. The molecule has 0 aliphatic heterocycles. The Kier molecular flexibility index (Phi) is 8.23. The van der Waals surface area contributed by atoms with Crippen LogP contribution in [0.2, 0.25) is 0 Å². The lowest BCUT2D eigenvalue weighted by atomic mass is 9.80. The van der Waals surface area contributed by atoms with Crippen molar-refractivity contribution in [2.45, 2.75) is 77.6 Å². The molecule has 0 nitrogen and oxygen atoms in total. The van der Waals surface area contributed by atoms with Gasteiger partial charge in [-0.3, -0.25) is 0 Å². The summed E-state index contributed by atoms with van der Waals surface area (Å²) in [6, 6.07) is 6.52. The molecule has 1 saturated carbocycles. The molecule has 0 spiro atoms. The van der Waals surface area contributed by atoms with Gasteiger partial charge in [0.25, 0.3) is 0 Å². The maximum absolute atomic E-state index is 12.9. The monoisotopic (exact) mass is 314 g/mol. The van der Waals surface area contributed by atoms with Gasteiger partial charge in [0.05, 0.1) is 0 Å². The van der Waals surface area contributed by atoms with Crippen LogP contribution in [0.5, 0.6) is 0 Å². The van der Waals surface area contributed by atoms with Crippen LogP contribution in [0.25, 0.3) is 0 Å². The molecular weight excluding hydrogens is 283 g/mol. The van der Waals surface area contributed by atoms with E-state index in [4.69, 9.17) is 0 Å². The van der Waals surface area contributed by atoms with Crippen molar-refractivity contribution in [2.75, 3.05) is 0 Å². The summed E-state index contributed by atoms with van der Waals surface area (Å²) in [4.78, 5) is 0. The molecule has 126 valence electrons. The zero-order valence-electron chi connectivity index (χ0n) is 14.6. The Morgan fingerprint density at radius 3 is 2.26 bits per heavy atom. The van der Waals surface area contributed by atoms with Gasteiger partial charge < -0.3 is 0 Å². The van der Waals surface area contributed by atoms with E-state index >= 15 is 0 Å². The van der Waals surface area contributed by atoms with Crippen LogP contribution in [0.15, 0.2) is 24.3 Å². The molecule has 1 aromatic carbocycles. The lowest BCUT2D eigenvalue weighted by molar-refractivity contribution is 0.293. The van der Waals surface area contributed by atoms with Crippen LogP contribution in [0.3, 0.4) is 0 Å². The third-order valence-electron chi connectivity index (χ3n) is 5.08. The van der Waals surface area contributed by atoms with Crippen molar-refractivity contribution in [1.82, 2.24) is 0 Å². The van der Waals surface area contributed by atoms with E-state index < -0.39 is 0 Å². The van der Waals surface area contributed by atoms with Crippen LogP contribution < -0.4 is 0 Å². The lowest BCUT2D eigenvalue weighted by Gasteiger charge is -2.25. The maximum atomic E-state index is 12.9. The molecule has 0 N–H and O–H groups in total. The van der Waals surface area contributed by atoms with Crippen molar-refractivity contribution in [1.29, 1.82) is 0 Å². The van der Waals surface area contributed by atoms with Crippen LogP contribution in [0, 0.1) is 29.5 Å². The fourth-order valence-electron chi connectivity index (χ4n) is 3.53. The smallest absolute Gasteiger partial charge is 0.123 e. The zero-order chi connectivity index (χ0) is 16.3. The molecule has 0 amide bonds. The summed E-state index contributed by atoms with van der Waals surface area (Å²) in [5, 5.41) is 0. The van der Waals surface area contributed by atoms with Crippen molar-refractivity contribution in [3.63, 3.8) is 0 Å². The number of unbranched alkanes of at least 4 members (excludes halogenated alkanes) is 5. The summed E-state index contributed by atoms with van der Waals surface area (Å²) in [5.74, 6) is 7.90. The quantitative estimate of drug-likeness (QED) is 0.386. The Hall–Kier alpha value is -1.29. The minimum absolute atomic E-state index is 0.189. The van der Waals surface area contributed by atoms with Gasteiger partial charge in [0.1, 0.15) is 5.82 Å². The Morgan fingerprint density at radius 2 is 1.57 bits per heavy atom. The van der Waals surface area contributed by atoms with Crippen molar-refractivity contribution in [2.24, 2.45) is 11.8 Å². The summed E-state index contributed by atoms with van der Waals surface area (Å²) in [6.45, 7) is 2.28. The lowest BCUT2D eigenvalue weighted by Crippen LogP contribution is -2.13. The highest BCUT2D eigenvalue weighted by molar-refractivity contribution is 5.34. The highest BCUT2D eigenvalue weighted by Gasteiger charge is 2.19.